The first-order valence-electron chi connectivity index (χ1n) is 4.69. The summed E-state index contributed by atoms with van der Waals surface area (Å²) < 4.78 is 3.19. The number of pyridine rings is 1. The summed E-state index contributed by atoms with van der Waals surface area (Å²) in [6.07, 6.45) is 0. The lowest BCUT2D eigenvalue weighted by Crippen LogP contribution is -2.22. The molecule has 0 bridgehead atoms. The van der Waals surface area contributed by atoms with E-state index in [-0.39, 0.29) is 12.2 Å². The quantitative estimate of drug-likeness (QED) is 0.720. The van der Waals surface area contributed by atoms with Crippen molar-refractivity contribution in [3.05, 3.63) is 27.7 Å². The Morgan fingerprint density at radius 2 is 2.13 bits per heavy atom. The van der Waals surface area contributed by atoms with Crippen LogP contribution in [0, 0.1) is 6.92 Å². The lowest BCUT2D eigenvalue weighted by atomic mass is 10.2. The average Bonchev–Trinajstić information content (AvgIpc) is 2.47. The van der Waals surface area contributed by atoms with Gasteiger partial charge >= 0.3 is 0 Å². The third-order valence-corrected chi connectivity index (χ3v) is 2.62. The Morgan fingerprint density at radius 3 is 2.73 bits per heavy atom. The van der Waals surface area contributed by atoms with Crippen molar-refractivity contribution in [2.45, 2.75) is 13.5 Å². The van der Waals surface area contributed by atoms with Crippen LogP contribution in [0.15, 0.2) is 10.9 Å². The van der Waals surface area contributed by atoms with Crippen molar-refractivity contribution in [2.24, 2.45) is 14.1 Å². The minimum Gasteiger partial charge on any atom is -0.391 e. The van der Waals surface area contributed by atoms with Crippen molar-refractivity contribution < 1.29 is 5.11 Å². The minimum absolute atomic E-state index is 0.173. The van der Waals surface area contributed by atoms with Crippen molar-refractivity contribution >= 4 is 11.0 Å². The second-order valence-corrected chi connectivity index (χ2v) is 3.64. The highest BCUT2D eigenvalue weighted by atomic mass is 16.3. The first-order valence-corrected chi connectivity index (χ1v) is 4.69. The zero-order valence-electron chi connectivity index (χ0n) is 8.98. The van der Waals surface area contributed by atoms with Gasteiger partial charge < -0.3 is 5.11 Å². The Labute approximate surface area is 86.6 Å². The Hall–Kier alpha value is -1.62. The van der Waals surface area contributed by atoms with E-state index in [1.165, 1.54) is 4.57 Å². The van der Waals surface area contributed by atoms with E-state index in [1.54, 1.807) is 24.8 Å². The molecule has 2 heterocycles. The average molecular weight is 207 g/mol. The molecule has 0 saturated heterocycles. The molecule has 0 saturated carbocycles. The van der Waals surface area contributed by atoms with Gasteiger partial charge in [0.15, 0.2) is 0 Å². The van der Waals surface area contributed by atoms with Gasteiger partial charge in [0.25, 0.3) is 5.56 Å². The molecule has 2 aromatic heterocycles. The number of rotatable bonds is 1. The minimum atomic E-state index is -0.239. The summed E-state index contributed by atoms with van der Waals surface area (Å²) in [6, 6.07) is 1.71. The summed E-state index contributed by atoms with van der Waals surface area (Å²) in [5, 5.41) is 14.2. The van der Waals surface area contributed by atoms with Gasteiger partial charge in [0.05, 0.1) is 12.3 Å². The van der Waals surface area contributed by atoms with E-state index in [1.807, 2.05) is 6.92 Å². The van der Waals surface area contributed by atoms with Gasteiger partial charge in [-0.15, -0.1) is 0 Å². The fourth-order valence-corrected chi connectivity index (χ4v) is 1.89. The summed E-state index contributed by atoms with van der Waals surface area (Å²) in [4.78, 5) is 11.7. The maximum absolute atomic E-state index is 11.7. The van der Waals surface area contributed by atoms with Gasteiger partial charge in [0.2, 0.25) is 0 Å². The highest BCUT2D eigenvalue weighted by molar-refractivity contribution is 5.79. The molecule has 2 rings (SSSR count). The van der Waals surface area contributed by atoms with Gasteiger partial charge in [-0.3, -0.25) is 14.0 Å². The molecule has 0 aliphatic heterocycles. The normalized spacial score (nSPS) is 11.2. The smallest absolute Gasteiger partial charge is 0.257 e. The summed E-state index contributed by atoms with van der Waals surface area (Å²) in [6.45, 7) is 1.64. The molecule has 0 aliphatic rings. The molecule has 15 heavy (non-hydrogen) atoms. The highest BCUT2D eigenvalue weighted by Crippen LogP contribution is 2.15. The second-order valence-electron chi connectivity index (χ2n) is 3.64. The first kappa shape index (κ1) is 9.92. The SMILES string of the molecule is Cc1nn(C)c2c1cc(CO)c(=O)n2C. The van der Waals surface area contributed by atoms with Crippen LogP contribution < -0.4 is 5.56 Å². The van der Waals surface area contributed by atoms with Gasteiger partial charge in [-0.1, -0.05) is 0 Å². The molecular formula is C10H13N3O2. The molecule has 5 heteroatoms. The fourth-order valence-electron chi connectivity index (χ4n) is 1.89. The largest absolute Gasteiger partial charge is 0.391 e. The first-order chi connectivity index (χ1) is 7.06. The van der Waals surface area contributed by atoms with Crippen molar-refractivity contribution in [1.29, 1.82) is 0 Å². The van der Waals surface area contributed by atoms with Crippen LogP contribution in [0.1, 0.15) is 11.3 Å². The number of aliphatic hydroxyl groups is 1. The van der Waals surface area contributed by atoms with Crippen molar-refractivity contribution in [2.75, 3.05) is 0 Å². The van der Waals surface area contributed by atoms with E-state index < -0.39 is 0 Å². The van der Waals surface area contributed by atoms with E-state index in [9.17, 15) is 4.79 Å². The number of aliphatic hydroxyl groups excluding tert-OH is 1. The second kappa shape index (κ2) is 3.20. The third kappa shape index (κ3) is 1.27. The monoisotopic (exact) mass is 207 g/mol. The molecular weight excluding hydrogens is 194 g/mol. The van der Waals surface area contributed by atoms with Gasteiger partial charge in [0.1, 0.15) is 5.65 Å². The van der Waals surface area contributed by atoms with E-state index in [0.717, 1.165) is 16.7 Å². The Morgan fingerprint density at radius 1 is 1.47 bits per heavy atom. The molecule has 0 aromatic carbocycles. The predicted octanol–water partition coefficient (Wildman–Crippen LogP) is 0.0727. The zero-order chi connectivity index (χ0) is 11.2. The number of hydrogen-bond donors (Lipinski definition) is 1. The summed E-state index contributed by atoms with van der Waals surface area (Å²) in [7, 11) is 3.48. The van der Waals surface area contributed by atoms with E-state index >= 15 is 0 Å². The van der Waals surface area contributed by atoms with Crippen LogP contribution in [0.2, 0.25) is 0 Å². The Balaban J connectivity index is 3.00. The van der Waals surface area contributed by atoms with Crippen LogP contribution in [-0.4, -0.2) is 19.5 Å². The van der Waals surface area contributed by atoms with Crippen LogP contribution in [0.25, 0.3) is 11.0 Å². The van der Waals surface area contributed by atoms with Crippen molar-refractivity contribution in [1.82, 2.24) is 14.3 Å². The third-order valence-electron chi connectivity index (χ3n) is 2.62. The maximum atomic E-state index is 11.7. The van der Waals surface area contributed by atoms with Crippen LogP contribution in [-0.2, 0) is 20.7 Å². The number of nitrogens with zero attached hydrogens (tertiary/aromatic N) is 3. The topological polar surface area (TPSA) is 60.0 Å². The van der Waals surface area contributed by atoms with Gasteiger partial charge in [-0.2, -0.15) is 5.10 Å². The summed E-state index contributed by atoms with van der Waals surface area (Å²) in [5.41, 5.74) is 1.86. The Kier molecular flexibility index (Phi) is 2.12. The van der Waals surface area contributed by atoms with E-state index in [2.05, 4.69) is 5.10 Å². The fraction of sp³-hybridized carbons (Fsp3) is 0.400. The molecule has 0 aliphatic carbocycles. The standard InChI is InChI=1S/C10H13N3O2/c1-6-8-4-7(5-14)10(15)12(2)9(8)13(3)11-6/h4,14H,5H2,1-3H3. The lowest BCUT2D eigenvalue weighted by molar-refractivity contribution is 0.279. The van der Waals surface area contributed by atoms with Gasteiger partial charge in [-0.25, -0.2) is 0 Å². The molecule has 1 N–H and O–H groups in total. The lowest BCUT2D eigenvalue weighted by Gasteiger charge is -2.04. The maximum Gasteiger partial charge on any atom is 0.257 e. The molecule has 5 nitrogen and oxygen atoms in total. The number of hydrogen-bond acceptors (Lipinski definition) is 3. The van der Waals surface area contributed by atoms with Crippen LogP contribution in [0.3, 0.4) is 0 Å². The molecule has 0 unspecified atom stereocenters. The number of fused-ring (bicyclic) bond motifs is 1. The highest BCUT2D eigenvalue weighted by Gasteiger charge is 2.11. The summed E-state index contributed by atoms with van der Waals surface area (Å²) >= 11 is 0. The Bertz CT molecular complexity index is 580. The molecule has 0 amide bonds. The molecule has 0 atom stereocenters. The predicted molar refractivity (Wildman–Crippen MR) is 56.6 cm³/mol. The number of aromatic nitrogens is 3. The van der Waals surface area contributed by atoms with Crippen molar-refractivity contribution in [3.63, 3.8) is 0 Å². The van der Waals surface area contributed by atoms with Crippen LogP contribution in [0.5, 0.6) is 0 Å². The molecule has 0 radical (unpaired) electrons. The zero-order valence-corrected chi connectivity index (χ0v) is 8.98. The molecule has 80 valence electrons. The van der Waals surface area contributed by atoms with Crippen LogP contribution in [0.4, 0.5) is 0 Å². The molecule has 2 aromatic rings. The summed E-state index contributed by atoms with van der Waals surface area (Å²) in [5.74, 6) is 0. The van der Waals surface area contributed by atoms with E-state index in [0.29, 0.717) is 5.56 Å². The number of aryl methyl sites for hydroxylation is 3. The van der Waals surface area contributed by atoms with Gasteiger partial charge in [-0.05, 0) is 13.0 Å². The van der Waals surface area contributed by atoms with Gasteiger partial charge in [0, 0.05) is 25.0 Å². The van der Waals surface area contributed by atoms with Crippen LogP contribution >= 0.6 is 0 Å². The molecule has 0 spiro atoms. The van der Waals surface area contributed by atoms with Crippen molar-refractivity contribution in [3.8, 4) is 0 Å². The molecule has 0 fully saturated rings. The van der Waals surface area contributed by atoms with E-state index in [4.69, 9.17) is 5.11 Å².